The zero-order chi connectivity index (χ0) is 18.3. The van der Waals surface area contributed by atoms with Crippen LogP contribution < -0.4 is 0 Å². The van der Waals surface area contributed by atoms with Crippen molar-refractivity contribution in [1.29, 1.82) is 0 Å². The lowest BCUT2D eigenvalue weighted by atomic mass is 9.96. The van der Waals surface area contributed by atoms with Gasteiger partial charge in [-0.05, 0) is 12.8 Å². The van der Waals surface area contributed by atoms with Gasteiger partial charge in [0.25, 0.3) is 21.9 Å². The molecule has 1 N–H and O–H groups in total. The van der Waals surface area contributed by atoms with Crippen molar-refractivity contribution in [3.8, 4) is 0 Å². The summed E-state index contributed by atoms with van der Waals surface area (Å²) in [5.74, 6) is -3.34. The molecule has 2 atom stereocenters. The zero-order valence-corrected chi connectivity index (χ0v) is 14.9. The van der Waals surface area contributed by atoms with Crippen LogP contribution >= 0.6 is 0 Å². The average Bonchev–Trinajstić information content (AvgIpc) is 2.78. The number of rotatable bonds is 10. The number of nitrogens with zero attached hydrogens (tertiary/aromatic N) is 1. The second-order valence-electron chi connectivity index (χ2n) is 5.98. The molecule has 2 amide bonds. The molecule has 0 aromatic heterocycles. The van der Waals surface area contributed by atoms with Crippen LogP contribution in [0.5, 0.6) is 0 Å². The first-order chi connectivity index (χ1) is 11.2. The second kappa shape index (κ2) is 9.12. The maximum atomic E-state index is 12.2. The van der Waals surface area contributed by atoms with E-state index in [2.05, 4.69) is 6.92 Å². The molecule has 1 heterocycles. The van der Waals surface area contributed by atoms with Gasteiger partial charge in [-0.2, -0.15) is 8.42 Å². The highest BCUT2D eigenvalue weighted by Crippen LogP contribution is 2.23. The normalized spacial score (nSPS) is 19.6. The monoisotopic (exact) mass is 363 g/mol. The van der Waals surface area contributed by atoms with Crippen molar-refractivity contribution < 1.29 is 32.2 Å². The SMILES string of the molecule is CCCCCCC(CCC)C(=O)ON1C(=O)CC(S(=O)(=O)O)C1=O. The number of imide groups is 1. The third-order valence-corrected chi connectivity index (χ3v) is 5.07. The van der Waals surface area contributed by atoms with E-state index >= 15 is 0 Å². The van der Waals surface area contributed by atoms with Gasteiger partial charge in [-0.15, -0.1) is 5.06 Å². The Balaban J connectivity index is 2.69. The van der Waals surface area contributed by atoms with Gasteiger partial charge < -0.3 is 4.84 Å². The number of amides is 2. The van der Waals surface area contributed by atoms with Gasteiger partial charge >= 0.3 is 5.97 Å². The van der Waals surface area contributed by atoms with E-state index in [1.165, 1.54) is 0 Å². The van der Waals surface area contributed by atoms with E-state index in [4.69, 9.17) is 9.39 Å². The van der Waals surface area contributed by atoms with Crippen LogP contribution in [0.3, 0.4) is 0 Å². The van der Waals surface area contributed by atoms with Crippen LogP contribution in [-0.4, -0.2) is 41.1 Å². The largest absolute Gasteiger partial charge is 0.336 e. The summed E-state index contributed by atoms with van der Waals surface area (Å²) < 4.78 is 31.1. The zero-order valence-electron chi connectivity index (χ0n) is 14.1. The van der Waals surface area contributed by atoms with Gasteiger partial charge in [0, 0.05) is 0 Å². The Morgan fingerprint density at radius 3 is 2.38 bits per heavy atom. The molecule has 1 rings (SSSR count). The molecule has 2 unspecified atom stereocenters. The van der Waals surface area contributed by atoms with Gasteiger partial charge in [-0.25, -0.2) is 4.79 Å². The number of carbonyl (C=O) groups excluding carboxylic acids is 3. The Morgan fingerprint density at radius 2 is 1.88 bits per heavy atom. The Bertz CT molecular complexity index is 572. The Labute approximate surface area is 142 Å². The number of carbonyl (C=O) groups is 3. The smallest absolute Gasteiger partial charge is 0.330 e. The molecule has 8 nitrogen and oxygen atoms in total. The predicted molar refractivity (Wildman–Crippen MR) is 85.1 cm³/mol. The molecular formula is C15H25NO7S. The highest BCUT2D eigenvalue weighted by Gasteiger charge is 2.48. The molecule has 1 aliphatic rings. The summed E-state index contributed by atoms with van der Waals surface area (Å²) in [6, 6.07) is 0. The van der Waals surface area contributed by atoms with Crippen molar-refractivity contribution in [3.05, 3.63) is 0 Å². The van der Waals surface area contributed by atoms with E-state index in [0.717, 1.165) is 32.1 Å². The summed E-state index contributed by atoms with van der Waals surface area (Å²) in [7, 11) is -4.71. The molecule has 0 saturated carbocycles. The quantitative estimate of drug-likeness (QED) is 0.357. The summed E-state index contributed by atoms with van der Waals surface area (Å²) in [5, 5.41) is -1.72. The maximum Gasteiger partial charge on any atom is 0.336 e. The molecule has 0 aromatic rings. The summed E-state index contributed by atoms with van der Waals surface area (Å²) in [6.07, 6.45) is 5.11. The van der Waals surface area contributed by atoms with Crippen LogP contribution in [0.25, 0.3) is 0 Å². The first kappa shape index (κ1) is 20.6. The average molecular weight is 363 g/mol. The van der Waals surface area contributed by atoms with Gasteiger partial charge in [-0.3, -0.25) is 14.1 Å². The van der Waals surface area contributed by atoms with Crippen molar-refractivity contribution in [2.45, 2.75) is 70.5 Å². The molecule has 1 aliphatic heterocycles. The number of hydrogen-bond acceptors (Lipinski definition) is 6. The van der Waals surface area contributed by atoms with Gasteiger partial charge in [0.1, 0.15) is 0 Å². The fourth-order valence-electron chi connectivity index (χ4n) is 2.62. The topological polar surface area (TPSA) is 118 Å². The lowest BCUT2D eigenvalue weighted by Crippen LogP contribution is -2.38. The molecule has 9 heteroatoms. The maximum absolute atomic E-state index is 12.2. The summed E-state index contributed by atoms with van der Waals surface area (Å²) in [6.45, 7) is 3.99. The standard InChI is InChI=1S/C15H25NO7S/c1-3-5-6-7-9-11(8-4-2)15(19)23-16-13(17)10-12(14(16)18)24(20,21)22/h11-12H,3-10H2,1-2H3,(H,20,21,22). The van der Waals surface area contributed by atoms with E-state index in [1.807, 2.05) is 6.92 Å². The fourth-order valence-corrected chi connectivity index (χ4v) is 3.33. The van der Waals surface area contributed by atoms with Crippen molar-refractivity contribution in [2.24, 2.45) is 5.92 Å². The summed E-state index contributed by atoms with van der Waals surface area (Å²) >= 11 is 0. The molecule has 0 radical (unpaired) electrons. The molecule has 24 heavy (non-hydrogen) atoms. The third kappa shape index (κ3) is 5.55. The minimum Gasteiger partial charge on any atom is -0.330 e. The summed E-state index contributed by atoms with van der Waals surface area (Å²) in [4.78, 5) is 40.6. The number of unbranched alkanes of at least 4 members (excludes halogenated alkanes) is 3. The van der Waals surface area contributed by atoms with E-state index in [1.54, 1.807) is 0 Å². The second-order valence-corrected chi connectivity index (χ2v) is 7.58. The lowest BCUT2D eigenvalue weighted by molar-refractivity contribution is -0.200. The van der Waals surface area contributed by atoms with E-state index < -0.39 is 45.5 Å². The third-order valence-electron chi connectivity index (χ3n) is 3.98. The van der Waals surface area contributed by atoms with Crippen molar-refractivity contribution >= 4 is 27.9 Å². The van der Waals surface area contributed by atoms with Crippen LogP contribution in [0.1, 0.15) is 65.2 Å². The van der Waals surface area contributed by atoms with Gasteiger partial charge in [-0.1, -0.05) is 46.0 Å². The molecule has 0 aromatic carbocycles. The minimum atomic E-state index is -4.71. The molecule has 0 bridgehead atoms. The van der Waals surface area contributed by atoms with Crippen molar-refractivity contribution in [3.63, 3.8) is 0 Å². The van der Waals surface area contributed by atoms with E-state index in [9.17, 15) is 22.8 Å². The Morgan fingerprint density at radius 1 is 1.21 bits per heavy atom. The Kier molecular flexibility index (Phi) is 7.82. The highest BCUT2D eigenvalue weighted by molar-refractivity contribution is 7.87. The van der Waals surface area contributed by atoms with Gasteiger partial charge in [0.15, 0.2) is 5.25 Å². The minimum absolute atomic E-state index is 0.176. The molecule has 1 saturated heterocycles. The lowest BCUT2D eigenvalue weighted by Gasteiger charge is -2.18. The number of hydroxylamine groups is 2. The van der Waals surface area contributed by atoms with Crippen LogP contribution in [-0.2, 0) is 29.3 Å². The predicted octanol–water partition coefficient (Wildman–Crippen LogP) is 1.85. The first-order valence-electron chi connectivity index (χ1n) is 8.27. The molecule has 1 fully saturated rings. The van der Waals surface area contributed by atoms with Crippen LogP contribution in [0.15, 0.2) is 0 Å². The van der Waals surface area contributed by atoms with Crippen molar-refractivity contribution in [1.82, 2.24) is 5.06 Å². The molecule has 0 aliphatic carbocycles. The van der Waals surface area contributed by atoms with Crippen LogP contribution in [0.2, 0.25) is 0 Å². The fraction of sp³-hybridized carbons (Fsp3) is 0.800. The van der Waals surface area contributed by atoms with Gasteiger partial charge in [0.05, 0.1) is 12.3 Å². The number of hydrogen-bond donors (Lipinski definition) is 1. The molecule has 0 spiro atoms. The molecule has 138 valence electrons. The van der Waals surface area contributed by atoms with Crippen LogP contribution in [0, 0.1) is 5.92 Å². The van der Waals surface area contributed by atoms with Crippen molar-refractivity contribution in [2.75, 3.05) is 0 Å². The molecular weight excluding hydrogens is 338 g/mol. The van der Waals surface area contributed by atoms with Gasteiger partial charge in [0.2, 0.25) is 0 Å². The summed E-state index contributed by atoms with van der Waals surface area (Å²) in [5.41, 5.74) is 0. The van der Waals surface area contributed by atoms with E-state index in [0.29, 0.717) is 12.8 Å². The highest BCUT2D eigenvalue weighted by atomic mass is 32.2. The first-order valence-corrected chi connectivity index (χ1v) is 9.77. The van der Waals surface area contributed by atoms with Crippen LogP contribution in [0.4, 0.5) is 0 Å². The van der Waals surface area contributed by atoms with E-state index in [-0.39, 0.29) is 5.06 Å². The Hall–Kier alpha value is -1.48.